The molecule has 1 aliphatic carbocycles. The van der Waals surface area contributed by atoms with E-state index in [1.165, 1.54) is 25.5 Å². The van der Waals surface area contributed by atoms with Crippen molar-refractivity contribution in [3.8, 4) is 0 Å². The molecule has 1 saturated carbocycles. The molecule has 0 aromatic carbocycles. The third-order valence-corrected chi connectivity index (χ3v) is 4.77. The lowest BCUT2D eigenvalue weighted by molar-refractivity contribution is -0.0248. The molecule has 2 aromatic heterocycles. The highest BCUT2D eigenvalue weighted by molar-refractivity contribution is 5.66. The second-order valence-electron chi connectivity index (χ2n) is 6.10. The maximum Gasteiger partial charge on any atom is 0.281 e. The third-order valence-electron chi connectivity index (χ3n) is 4.77. The molecule has 0 amide bonds. The maximum absolute atomic E-state index is 12.6. The molecule has 2 aliphatic rings. The maximum atomic E-state index is 12.6. The van der Waals surface area contributed by atoms with E-state index < -0.39 is 0 Å². The Bertz CT molecular complexity index is 721. The van der Waals surface area contributed by atoms with Crippen molar-refractivity contribution in [2.45, 2.75) is 50.2 Å². The molecule has 6 nitrogen and oxygen atoms in total. The summed E-state index contributed by atoms with van der Waals surface area (Å²) < 4.78 is 7.77. The fourth-order valence-corrected chi connectivity index (χ4v) is 3.67. The Balaban J connectivity index is 1.68. The Hall–Kier alpha value is -1.82. The van der Waals surface area contributed by atoms with E-state index in [1.54, 1.807) is 17.1 Å². The van der Waals surface area contributed by atoms with E-state index in [2.05, 4.69) is 15.0 Å². The summed E-state index contributed by atoms with van der Waals surface area (Å²) in [5.41, 5.74) is 0.615. The first-order valence-electron chi connectivity index (χ1n) is 7.59. The average Bonchev–Trinajstić information content (AvgIpc) is 2.92. The Morgan fingerprint density at radius 2 is 1.95 bits per heavy atom. The molecule has 2 fully saturated rings. The first-order chi connectivity index (χ1) is 10.3. The first kappa shape index (κ1) is 12.9. The zero-order valence-electron chi connectivity index (χ0n) is 11.9. The van der Waals surface area contributed by atoms with Gasteiger partial charge in [0.15, 0.2) is 11.2 Å². The second-order valence-corrected chi connectivity index (χ2v) is 6.10. The minimum Gasteiger partial charge on any atom is -0.373 e. The van der Waals surface area contributed by atoms with E-state index >= 15 is 0 Å². The molecule has 0 unspecified atom stereocenters. The van der Waals surface area contributed by atoms with Crippen molar-refractivity contribution in [3.05, 3.63) is 29.1 Å². The van der Waals surface area contributed by atoms with Crippen molar-refractivity contribution < 1.29 is 4.74 Å². The molecule has 3 heterocycles. The molecule has 1 aliphatic heterocycles. The number of ether oxygens (including phenoxy) is 1. The summed E-state index contributed by atoms with van der Waals surface area (Å²) in [6, 6.07) is 0.0644. The molecule has 0 radical (unpaired) electrons. The van der Waals surface area contributed by atoms with Crippen LogP contribution in [0.1, 0.15) is 44.6 Å². The van der Waals surface area contributed by atoms with Crippen molar-refractivity contribution in [2.24, 2.45) is 0 Å². The van der Waals surface area contributed by atoms with E-state index in [4.69, 9.17) is 4.74 Å². The van der Waals surface area contributed by atoms with Crippen LogP contribution in [0.25, 0.3) is 11.2 Å². The van der Waals surface area contributed by atoms with Crippen LogP contribution in [0.3, 0.4) is 0 Å². The van der Waals surface area contributed by atoms with E-state index in [1.807, 2.05) is 0 Å². The Morgan fingerprint density at radius 1 is 1.14 bits per heavy atom. The van der Waals surface area contributed by atoms with Gasteiger partial charge >= 0.3 is 0 Å². The predicted octanol–water partition coefficient (Wildman–Crippen LogP) is 1.85. The molecule has 110 valence electrons. The van der Waals surface area contributed by atoms with Gasteiger partial charge in [0.05, 0.1) is 18.2 Å². The van der Waals surface area contributed by atoms with Crippen molar-refractivity contribution in [1.82, 2.24) is 19.5 Å². The summed E-state index contributed by atoms with van der Waals surface area (Å²) in [5.74, 6) is 0. The number of hydrogen-bond donors (Lipinski definition) is 0. The lowest BCUT2D eigenvalue weighted by Crippen LogP contribution is -2.31. The number of rotatable bonds is 1. The van der Waals surface area contributed by atoms with E-state index in [0.717, 1.165) is 19.3 Å². The van der Waals surface area contributed by atoms with Gasteiger partial charge in [-0.2, -0.15) is 0 Å². The summed E-state index contributed by atoms with van der Waals surface area (Å²) in [6.45, 7) is 0.591. The zero-order chi connectivity index (χ0) is 14.3. The van der Waals surface area contributed by atoms with Gasteiger partial charge in [-0.3, -0.25) is 9.36 Å². The fourth-order valence-electron chi connectivity index (χ4n) is 3.67. The molecule has 0 N–H and O–H groups in total. The van der Waals surface area contributed by atoms with Gasteiger partial charge in [-0.1, -0.05) is 19.3 Å². The molecule has 0 bridgehead atoms. The quantitative estimate of drug-likeness (QED) is 0.800. The number of aromatic nitrogens is 4. The van der Waals surface area contributed by atoms with Crippen LogP contribution in [0.2, 0.25) is 0 Å². The van der Waals surface area contributed by atoms with E-state index in [0.29, 0.717) is 17.8 Å². The van der Waals surface area contributed by atoms with Crippen LogP contribution in [0, 0.1) is 0 Å². The van der Waals surface area contributed by atoms with Crippen LogP contribution in [-0.4, -0.2) is 31.7 Å². The lowest BCUT2D eigenvalue weighted by atomic mass is 9.82. The molecule has 4 rings (SSSR count). The van der Waals surface area contributed by atoms with Crippen molar-refractivity contribution >= 4 is 11.2 Å². The van der Waals surface area contributed by atoms with Crippen LogP contribution in [-0.2, 0) is 4.74 Å². The molecule has 1 atom stereocenters. The monoisotopic (exact) mass is 286 g/mol. The van der Waals surface area contributed by atoms with Gasteiger partial charge in [0.25, 0.3) is 5.56 Å². The molecule has 6 heteroatoms. The van der Waals surface area contributed by atoms with E-state index in [-0.39, 0.29) is 17.2 Å². The van der Waals surface area contributed by atoms with Crippen molar-refractivity contribution in [1.29, 1.82) is 0 Å². The highest BCUT2D eigenvalue weighted by Crippen LogP contribution is 2.42. The Morgan fingerprint density at radius 3 is 2.81 bits per heavy atom. The van der Waals surface area contributed by atoms with Crippen LogP contribution in [0.5, 0.6) is 0 Å². The molecular weight excluding hydrogens is 268 g/mol. The minimum atomic E-state index is -0.116. The van der Waals surface area contributed by atoms with Gasteiger partial charge < -0.3 is 4.74 Å². The van der Waals surface area contributed by atoms with Gasteiger partial charge in [-0.25, -0.2) is 15.0 Å². The molecule has 2 aromatic rings. The minimum absolute atomic E-state index is 0.0142. The summed E-state index contributed by atoms with van der Waals surface area (Å²) >= 11 is 0. The summed E-state index contributed by atoms with van der Waals surface area (Å²) in [4.78, 5) is 25.0. The number of fused-ring (bicyclic) bond motifs is 1. The van der Waals surface area contributed by atoms with Gasteiger partial charge in [0.1, 0.15) is 6.33 Å². The third kappa shape index (κ3) is 2.14. The van der Waals surface area contributed by atoms with Gasteiger partial charge in [-0.05, 0) is 19.3 Å². The highest BCUT2D eigenvalue weighted by Gasteiger charge is 2.42. The highest BCUT2D eigenvalue weighted by atomic mass is 16.5. The molecule has 1 spiro atoms. The number of hydrogen-bond acceptors (Lipinski definition) is 5. The van der Waals surface area contributed by atoms with Crippen molar-refractivity contribution in [2.75, 3.05) is 6.61 Å². The standard InChI is InChI=1S/C15H18N4O2/c20-14-12-13(17-7-6-16-12)18-10-19(14)11-8-15(21-9-11)4-2-1-3-5-15/h6-7,10-11H,1-5,8-9H2/t11-/m1/s1. The Kier molecular flexibility index (Phi) is 2.99. The van der Waals surface area contributed by atoms with E-state index in [9.17, 15) is 4.79 Å². The smallest absolute Gasteiger partial charge is 0.281 e. The summed E-state index contributed by atoms with van der Waals surface area (Å²) in [5, 5.41) is 0. The second kappa shape index (κ2) is 4.87. The van der Waals surface area contributed by atoms with Gasteiger partial charge in [-0.15, -0.1) is 0 Å². The van der Waals surface area contributed by atoms with Crippen LogP contribution >= 0.6 is 0 Å². The molecule has 1 saturated heterocycles. The van der Waals surface area contributed by atoms with Crippen LogP contribution in [0.15, 0.2) is 23.5 Å². The summed E-state index contributed by atoms with van der Waals surface area (Å²) in [7, 11) is 0. The van der Waals surface area contributed by atoms with Crippen molar-refractivity contribution in [3.63, 3.8) is 0 Å². The molecular formula is C15H18N4O2. The molecule has 21 heavy (non-hydrogen) atoms. The topological polar surface area (TPSA) is 69.9 Å². The van der Waals surface area contributed by atoms with Gasteiger partial charge in [0.2, 0.25) is 0 Å². The van der Waals surface area contributed by atoms with Gasteiger partial charge in [0, 0.05) is 12.4 Å². The SMILES string of the molecule is O=c1c2nccnc2ncn1[C@H]1COC2(CCCCC2)C1. The first-order valence-corrected chi connectivity index (χ1v) is 7.59. The Labute approximate surface area is 122 Å². The van der Waals surface area contributed by atoms with Crippen LogP contribution < -0.4 is 5.56 Å². The number of nitrogens with zero attached hydrogens (tertiary/aromatic N) is 4. The predicted molar refractivity (Wildman–Crippen MR) is 77.0 cm³/mol. The zero-order valence-corrected chi connectivity index (χ0v) is 11.9. The lowest BCUT2D eigenvalue weighted by Gasteiger charge is -2.32. The summed E-state index contributed by atoms with van der Waals surface area (Å²) in [6.07, 6.45) is 11.5. The normalized spacial score (nSPS) is 24.7. The fraction of sp³-hybridized carbons (Fsp3) is 0.600. The van der Waals surface area contributed by atoms with Crippen LogP contribution in [0.4, 0.5) is 0 Å². The largest absolute Gasteiger partial charge is 0.373 e. The average molecular weight is 286 g/mol.